The summed E-state index contributed by atoms with van der Waals surface area (Å²) in [4.78, 5) is 13.3. The van der Waals surface area contributed by atoms with Crippen molar-refractivity contribution in [2.45, 2.75) is 0 Å². The van der Waals surface area contributed by atoms with Gasteiger partial charge in [-0.25, -0.2) is 4.79 Å². The van der Waals surface area contributed by atoms with E-state index in [1.165, 1.54) is 12.1 Å². The minimum Gasteiger partial charge on any atom is -0.493 e. The van der Waals surface area contributed by atoms with Gasteiger partial charge in [0.1, 0.15) is 0 Å². The monoisotopic (exact) mass is 277 g/mol. The Morgan fingerprint density at radius 2 is 1.60 bits per heavy atom. The van der Waals surface area contributed by atoms with Crippen LogP contribution in [0.5, 0.6) is 11.8 Å². The van der Waals surface area contributed by atoms with Gasteiger partial charge >= 0.3 is 6.09 Å². The molecular weight excluding hydrogens is 262 g/mol. The van der Waals surface area contributed by atoms with E-state index in [4.69, 9.17) is 0 Å². The molecule has 106 valence electrons. The average Bonchev–Trinajstić information content (AvgIpc) is 2.71. The highest BCUT2D eigenvalue weighted by Crippen LogP contribution is 2.28. The summed E-state index contributed by atoms with van der Waals surface area (Å²) in [6.45, 7) is 0. The van der Waals surface area contributed by atoms with Crippen LogP contribution in [-0.2, 0) is 0 Å². The van der Waals surface area contributed by atoms with Crippen molar-refractivity contribution >= 4 is 17.5 Å². The van der Waals surface area contributed by atoms with Gasteiger partial charge in [0.25, 0.3) is 0 Å². The number of anilines is 2. The Balaban J connectivity index is 2.55. The van der Waals surface area contributed by atoms with Gasteiger partial charge in [-0.2, -0.15) is 9.69 Å². The molecule has 0 spiro atoms. The van der Waals surface area contributed by atoms with Crippen LogP contribution >= 0.6 is 0 Å². The van der Waals surface area contributed by atoms with Crippen LogP contribution in [0.15, 0.2) is 36.4 Å². The SMILES string of the molecule is CN(C)c1cccc(N(C(=O)O)n2c(O)ccc2O)c1. The van der Waals surface area contributed by atoms with Crippen molar-refractivity contribution in [1.29, 1.82) is 0 Å². The third-order valence-corrected chi connectivity index (χ3v) is 2.79. The summed E-state index contributed by atoms with van der Waals surface area (Å²) in [5.74, 6) is -0.750. The highest BCUT2D eigenvalue weighted by atomic mass is 16.4. The van der Waals surface area contributed by atoms with Crippen LogP contribution in [0.2, 0.25) is 0 Å². The van der Waals surface area contributed by atoms with Crippen LogP contribution < -0.4 is 9.91 Å². The third kappa shape index (κ3) is 2.33. The molecule has 0 aliphatic rings. The second-order valence-electron chi connectivity index (χ2n) is 4.37. The van der Waals surface area contributed by atoms with E-state index in [9.17, 15) is 20.1 Å². The van der Waals surface area contributed by atoms with E-state index in [0.29, 0.717) is 5.69 Å². The molecule has 7 heteroatoms. The van der Waals surface area contributed by atoms with Gasteiger partial charge in [-0.05, 0) is 18.2 Å². The molecule has 1 aromatic carbocycles. The summed E-state index contributed by atoms with van der Waals surface area (Å²) in [6.07, 6.45) is -1.33. The molecule has 0 fully saturated rings. The van der Waals surface area contributed by atoms with E-state index in [1.54, 1.807) is 18.2 Å². The number of carbonyl (C=O) groups is 1. The zero-order valence-corrected chi connectivity index (χ0v) is 11.1. The van der Waals surface area contributed by atoms with E-state index in [2.05, 4.69) is 0 Å². The molecule has 0 aliphatic carbocycles. The van der Waals surface area contributed by atoms with Gasteiger partial charge in [-0.1, -0.05) is 6.07 Å². The normalized spacial score (nSPS) is 10.3. The van der Waals surface area contributed by atoms with Crippen LogP contribution in [-0.4, -0.2) is 40.2 Å². The molecule has 0 atom stereocenters. The number of benzene rings is 1. The van der Waals surface area contributed by atoms with E-state index in [0.717, 1.165) is 15.4 Å². The van der Waals surface area contributed by atoms with Crippen molar-refractivity contribution in [3.8, 4) is 11.8 Å². The molecule has 0 bridgehead atoms. The molecule has 2 aromatic rings. The molecule has 7 nitrogen and oxygen atoms in total. The van der Waals surface area contributed by atoms with Crippen LogP contribution in [0, 0.1) is 0 Å². The highest BCUT2D eigenvalue weighted by Gasteiger charge is 2.22. The molecule has 0 radical (unpaired) electrons. The fourth-order valence-corrected chi connectivity index (χ4v) is 1.83. The van der Waals surface area contributed by atoms with Crippen LogP contribution in [0.4, 0.5) is 16.2 Å². The van der Waals surface area contributed by atoms with Gasteiger partial charge in [0, 0.05) is 31.9 Å². The van der Waals surface area contributed by atoms with E-state index >= 15 is 0 Å². The molecule has 20 heavy (non-hydrogen) atoms. The second kappa shape index (κ2) is 5.04. The van der Waals surface area contributed by atoms with Gasteiger partial charge in [0.15, 0.2) is 0 Å². The number of aromatic nitrogens is 1. The second-order valence-corrected chi connectivity index (χ2v) is 4.37. The minimum absolute atomic E-state index is 0.297. The topological polar surface area (TPSA) is 89.2 Å². The predicted octanol–water partition coefficient (Wildman–Crippen LogP) is 1.91. The van der Waals surface area contributed by atoms with Crippen LogP contribution in [0.3, 0.4) is 0 Å². The first-order valence-corrected chi connectivity index (χ1v) is 5.82. The molecule has 1 aromatic heterocycles. The average molecular weight is 277 g/mol. The number of carboxylic acid groups (broad SMARTS) is 1. The Morgan fingerprint density at radius 3 is 2.10 bits per heavy atom. The van der Waals surface area contributed by atoms with E-state index in [1.807, 2.05) is 25.1 Å². The Morgan fingerprint density at radius 1 is 1.05 bits per heavy atom. The summed E-state index contributed by atoms with van der Waals surface area (Å²) in [6, 6.07) is 9.13. The molecule has 0 saturated heterocycles. The van der Waals surface area contributed by atoms with Crippen molar-refractivity contribution in [3.05, 3.63) is 36.4 Å². The number of aromatic hydroxyl groups is 2. The minimum atomic E-state index is -1.33. The number of hydrogen-bond acceptors (Lipinski definition) is 4. The lowest BCUT2D eigenvalue weighted by molar-refractivity contribution is 0.196. The van der Waals surface area contributed by atoms with Crippen molar-refractivity contribution < 1.29 is 20.1 Å². The van der Waals surface area contributed by atoms with E-state index in [-0.39, 0.29) is 11.8 Å². The summed E-state index contributed by atoms with van der Waals surface area (Å²) >= 11 is 0. The van der Waals surface area contributed by atoms with Gasteiger partial charge in [-0.3, -0.25) is 0 Å². The van der Waals surface area contributed by atoms with Crippen molar-refractivity contribution in [1.82, 2.24) is 4.68 Å². The Kier molecular flexibility index (Phi) is 3.43. The summed E-state index contributed by atoms with van der Waals surface area (Å²) < 4.78 is 0.803. The molecule has 2 rings (SSSR count). The van der Waals surface area contributed by atoms with Gasteiger partial charge in [-0.15, -0.1) is 0 Å². The van der Waals surface area contributed by atoms with Crippen molar-refractivity contribution in [2.24, 2.45) is 0 Å². The van der Waals surface area contributed by atoms with Gasteiger partial charge < -0.3 is 20.2 Å². The van der Waals surface area contributed by atoms with Crippen molar-refractivity contribution in [2.75, 3.05) is 24.0 Å². The van der Waals surface area contributed by atoms with Crippen molar-refractivity contribution in [3.63, 3.8) is 0 Å². The first-order chi connectivity index (χ1) is 9.41. The number of hydrogen-bond donors (Lipinski definition) is 3. The third-order valence-electron chi connectivity index (χ3n) is 2.79. The molecule has 3 N–H and O–H groups in total. The lowest BCUT2D eigenvalue weighted by Gasteiger charge is -2.23. The molecule has 1 heterocycles. The predicted molar refractivity (Wildman–Crippen MR) is 74.4 cm³/mol. The highest BCUT2D eigenvalue weighted by molar-refractivity contribution is 5.87. The molecular formula is C13H15N3O4. The van der Waals surface area contributed by atoms with Gasteiger partial charge in [0.05, 0.1) is 5.69 Å². The number of nitrogens with zero attached hydrogens (tertiary/aromatic N) is 3. The maximum atomic E-state index is 11.5. The summed E-state index contributed by atoms with van der Waals surface area (Å²) in [7, 11) is 3.66. The zero-order valence-electron chi connectivity index (χ0n) is 11.1. The number of rotatable bonds is 3. The lowest BCUT2D eigenvalue weighted by Crippen LogP contribution is -2.34. The zero-order chi connectivity index (χ0) is 14.9. The largest absolute Gasteiger partial charge is 0.493 e. The summed E-state index contributed by atoms with van der Waals surface area (Å²) in [5, 5.41) is 29.5. The Labute approximate surface area is 115 Å². The van der Waals surface area contributed by atoms with Gasteiger partial charge in [0.2, 0.25) is 11.8 Å². The fourth-order valence-electron chi connectivity index (χ4n) is 1.83. The molecule has 0 aliphatic heterocycles. The summed E-state index contributed by atoms with van der Waals surface area (Å²) in [5.41, 5.74) is 1.09. The molecule has 0 unspecified atom stereocenters. The maximum absolute atomic E-state index is 11.5. The molecule has 0 saturated carbocycles. The smallest absolute Gasteiger partial charge is 0.431 e. The van der Waals surface area contributed by atoms with Crippen LogP contribution in [0.25, 0.3) is 0 Å². The maximum Gasteiger partial charge on any atom is 0.431 e. The Bertz CT molecular complexity index is 617. The first-order valence-electron chi connectivity index (χ1n) is 5.82. The fraction of sp³-hybridized carbons (Fsp3) is 0.154. The first kappa shape index (κ1) is 13.6. The quantitative estimate of drug-likeness (QED) is 0.797. The number of amides is 1. The Hall–Kier alpha value is -2.83. The van der Waals surface area contributed by atoms with E-state index < -0.39 is 6.09 Å². The standard InChI is InChI=1S/C13H15N3O4/c1-14(2)9-4-3-5-10(8-9)15(13(19)20)16-11(17)6-7-12(16)18/h3-8,17-18H,1-2H3,(H,19,20). The van der Waals surface area contributed by atoms with Crippen LogP contribution in [0.1, 0.15) is 0 Å². The lowest BCUT2D eigenvalue weighted by atomic mass is 10.2. The molecule has 1 amide bonds.